The number of unbranched alkanes of at least 4 members (excludes halogenated alkanes) is 18. The lowest BCUT2D eigenvalue weighted by Crippen LogP contribution is -2.30. The van der Waals surface area contributed by atoms with E-state index in [-0.39, 0.29) is 37.5 Å². The highest BCUT2D eigenvalue weighted by atomic mass is 16.6. The van der Waals surface area contributed by atoms with Gasteiger partial charge in [0.05, 0.1) is 0 Å². The average Bonchev–Trinajstić information content (AvgIpc) is 3.35. The van der Waals surface area contributed by atoms with Gasteiger partial charge in [-0.1, -0.05) is 238 Å². The molecule has 0 aliphatic rings. The van der Waals surface area contributed by atoms with E-state index in [1.807, 2.05) is 48.6 Å². The Kier molecular flexibility index (Phi) is 52.5. The third-order valence-corrected chi connectivity index (χ3v) is 11.2. The normalized spacial score (nSPS) is 13.1. The van der Waals surface area contributed by atoms with Crippen LogP contribution in [-0.4, -0.2) is 37.2 Å². The summed E-state index contributed by atoms with van der Waals surface area (Å²) in [6.45, 7) is 6.27. The summed E-state index contributed by atoms with van der Waals surface area (Å²) < 4.78 is 16.7. The first-order chi connectivity index (χ1) is 34.0. The Morgan fingerprint density at radius 3 is 1.16 bits per heavy atom. The fraction of sp³-hybridized carbons (Fsp3) is 0.603. The average molecular weight is 953 g/mol. The van der Waals surface area contributed by atoms with Crippen LogP contribution in [0.15, 0.2) is 134 Å². The van der Waals surface area contributed by atoms with Gasteiger partial charge in [-0.2, -0.15) is 0 Å². The van der Waals surface area contributed by atoms with Gasteiger partial charge in [-0.3, -0.25) is 14.4 Å². The summed E-state index contributed by atoms with van der Waals surface area (Å²) in [5, 5.41) is 0. The molecule has 1 atom stereocenters. The van der Waals surface area contributed by atoms with E-state index in [2.05, 4.69) is 106 Å². The van der Waals surface area contributed by atoms with Crippen molar-refractivity contribution >= 4 is 17.9 Å². The lowest BCUT2D eigenvalue weighted by Gasteiger charge is -2.18. The van der Waals surface area contributed by atoms with Crippen molar-refractivity contribution in [2.75, 3.05) is 13.2 Å². The zero-order valence-electron chi connectivity index (χ0n) is 44.3. The molecule has 0 spiro atoms. The Hall–Kier alpha value is -4.45. The van der Waals surface area contributed by atoms with Crippen LogP contribution in [0.25, 0.3) is 0 Å². The quantitative estimate of drug-likeness (QED) is 0.0199. The molecule has 0 bridgehead atoms. The summed E-state index contributed by atoms with van der Waals surface area (Å²) >= 11 is 0. The summed E-state index contributed by atoms with van der Waals surface area (Å²) in [5.41, 5.74) is 0. The van der Waals surface area contributed by atoms with Gasteiger partial charge in [0, 0.05) is 19.3 Å². The maximum atomic E-state index is 12.8. The van der Waals surface area contributed by atoms with Crippen LogP contribution >= 0.6 is 0 Å². The van der Waals surface area contributed by atoms with Gasteiger partial charge in [0.1, 0.15) is 13.2 Å². The maximum Gasteiger partial charge on any atom is 0.306 e. The minimum absolute atomic E-state index is 0.128. The van der Waals surface area contributed by atoms with Crippen molar-refractivity contribution in [3.63, 3.8) is 0 Å². The van der Waals surface area contributed by atoms with Gasteiger partial charge < -0.3 is 14.2 Å². The smallest absolute Gasteiger partial charge is 0.306 e. The van der Waals surface area contributed by atoms with Crippen molar-refractivity contribution in [1.29, 1.82) is 0 Å². The van der Waals surface area contributed by atoms with Crippen molar-refractivity contribution < 1.29 is 28.6 Å². The molecule has 69 heavy (non-hydrogen) atoms. The summed E-state index contributed by atoms with van der Waals surface area (Å²) in [7, 11) is 0. The molecule has 0 radical (unpaired) electrons. The Labute approximate surface area is 424 Å². The number of carbonyl (C=O) groups is 3. The molecule has 0 saturated carbocycles. The molecule has 6 nitrogen and oxygen atoms in total. The number of rotatable bonds is 48. The van der Waals surface area contributed by atoms with Gasteiger partial charge in [0.15, 0.2) is 6.10 Å². The third kappa shape index (κ3) is 54.4. The number of esters is 3. The van der Waals surface area contributed by atoms with Crippen LogP contribution in [0.4, 0.5) is 0 Å². The van der Waals surface area contributed by atoms with Crippen LogP contribution in [0.5, 0.6) is 0 Å². The molecule has 0 aromatic heterocycles. The summed E-state index contributed by atoms with van der Waals surface area (Å²) in [5.74, 6) is -1.06. The largest absolute Gasteiger partial charge is 0.462 e. The minimum atomic E-state index is -0.832. The number of hydrogen-bond acceptors (Lipinski definition) is 6. The first kappa shape index (κ1) is 64.5. The molecule has 0 amide bonds. The third-order valence-electron chi connectivity index (χ3n) is 11.2. The molecule has 0 aromatic carbocycles. The van der Waals surface area contributed by atoms with Crippen molar-refractivity contribution in [2.45, 2.75) is 232 Å². The van der Waals surface area contributed by atoms with Gasteiger partial charge in [-0.15, -0.1) is 0 Å². The molecule has 388 valence electrons. The standard InChI is InChI=1S/C63H100O6/c1-4-7-10-13-16-19-22-25-27-29-31-33-35-38-41-44-47-50-53-56-62(65)68-59-60(58-67-61(64)55-52-49-46-43-40-37-24-21-18-15-12-9-6-3)69-63(66)57-54-51-48-45-42-39-36-34-32-30-28-26-23-20-17-14-11-8-5-2/h7,9-10,12,15-16,18-19,21,24-25,27,30-33,37-38,40-41,47,50,60H,4-6,8,11,13-14,17,20,22-23,26,28-29,34-36,39,42-46,48-49,51-59H2,1-3H3/b10-7+,12-9+,18-15+,19-16+,24-21+,27-25+,32-30+,33-31+,40-37+,41-38+,50-47+. The first-order valence-corrected chi connectivity index (χ1v) is 27.7. The highest BCUT2D eigenvalue weighted by molar-refractivity contribution is 5.71. The fourth-order valence-electron chi connectivity index (χ4n) is 7.12. The van der Waals surface area contributed by atoms with Crippen LogP contribution in [0.2, 0.25) is 0 Å². The molecule has 0 saturated heterocycles. The van der Waals surface area contributed by atoms with Crippen LogP contribution in [0.1, 0.15) is 226 Å². The van der Waals surface area contributed by atoms with E-state index in [0.29, 0.717) is 19.3 Å². The summed E-state index contributed by atoms with van der Waals surface area (Å²) in [6, 6.07) is 0. The first-order valence-electron chi connectivity index (χ1n) is 27.7. The Bertz CT molecular complexity index is 1510. The minimum Gasteiger partial charge on any atom is -0.462 e. The highest BCUT2D eigenvalue weighted by Gasteiger charge is 2.19. The molecule has 6 heteroatoms. The van der Waals surface area contributed by atoms with E-state index in [1.165, 1.54) is 89.9 Å². The molecule has 0 aliphatic heterocycles. The van der Waals surface area contributed by atoms with Crippen molar-refractivity contribution in [3.05, 3.63) is 134 Å². The monoisotopic (exact) mass is 953 g/mol. The van der Waals surface area contributed by atoms with Gasteiger partial charge in [-0.25, -0.2) is 0 Å². The second-order valence-electron chi connectivity index (χ2n) is 17.8. The van der Waals surface area contributed by atoms with Crippen LogP contribution in [0, 0.1) is 0 Å². The Morgan fingerprint density at radius 2 is 0.667 bits per heavy atom. The lowest BCUT2D eigenvalue weighted by molar-refractivity contribution is -0.166. The predicted octanol–water partition coefficient (Wildman–Crippen LogP) is 18.6. The van der Waals surface area contributed by atoms with Gasteiger partial charge in [0.25, 0.3) is 0 Å². The summed E-state index contributed by atoms with van der Waals surface area (Å²) in [6.07, 6.45) is 78.8. The van der Waals surface area contributed by atoms with Crippen LogP contribution < -0.4 is 0 Å². The maximum absolute atomic E-state index is 12.8. The van der Waals surface area contributed by atoms with E-state index < -0.39 is 6.10 Å². The van der Waals surface area contributed by atoms with Crippen LogP contribution in [0.3, 0.4) is 0 Å². The van der Waals surface area contributed by atoms with Crippen LogP contribution in [-0.2, 0) is 28.6 Å². The van der Waals surface area contributed by atoms with E-state index in [1.54, 1.807) is 0 Å². The number of carbonyl (C=O) groups excluding carboxylic acids is 3. The zero-order chi connectivity index (χ0) is 50.0. The molecule has 0 heterocycles. The van der Waals surface area contributed by atoms with E-state index in [0.717, 1.165) is 89.9 Å². The predicted molar refractivity (Wildman–Crippen MR) is 297 cm³/mol. The molecule has 0 fully saturated rings. The Balaban J connectivity index is 4.55. The highest BCUT2D eigenvalue weighted by Crippen LogP contribution is 2.14. The molecule has 0 aliphatic carbocycles. The molecule has 0 rings (SSSR count). The lowest BCUT2D eigenvalue weighted by atomic mass is 10.1. The molecule has 0 N–H and O–H groups in total. The van der Waals surface area contributed by atoms with E-state index >= 15 is 0 Å². The topological polar surface area (TPSA) is 78.9 Å². The molecular weight excluding hydrogens is 853 g/mol. The zero-order valence-corrected chi connectivity index (χ0v) is 44.3. The fourth-order valence-corrected chi connectivity index (χ4v) is 7.12. The second-order valence-corrected chi connectivity index (χ2v) is 17.8. The van der Waals surface area contributed by atoms with Gasteiger partial charge in [-0.05, 0) is 103 Å². The van der Waals surface area contributed by atoms with Crippen molar-refractivity contribution in [3.8, 4) is 0 Å². The van der Waals surface area contributed by atoms with E-state index in [9.17, 15) is 14.4 Å². The van der Waals surface area contributed by atoms with E-state index in [4.69, 9.17) is 14.2 Å². The van der Waals surface area contributed by atoms with Gasteiger partial charge in [0.2, 0.25) is 0 Å². The summed E-state index contributed by atoms with van der Waals surface area (Å²) in [4.78, 5) is 38.1. The Morgan fingerprint density at radius 1 is 0.319 bits per heavy atom. The van der Waals surface area contributed by atoms with Crippen molar-refractivity contribution in [1.82, 2.24) is 0 Å². The molecular formula is C63H100O6. The van der Waals surface area contributed by atoms with Crippen molar-refractivity contribution in [2.24, 2.45) is 0 Å². The molecule has 1 unspecified atom stereocenters. The molecule has 0 aromatic rings. The number of allylic oxidation sites excluding steroid dienone is 22. The number of hydrogen-bond donors (Lipinski definition) is 0. The number of ether oxygens (including phenoxy) is 3. The van der Waals surface area contributed by atoms with Gasteiger partial charge >= 0.3 is 17.9 Å². The second kappa shape index (κ2) is 56.1. The SMILES string of the molecule is CC/C=C/C=C/C=C/C=C/CCCCCC(=O)OCC(COC(=O)CC/C=C/C/C=C/C/C=C/C/C=C/C/C=C/C/C=C/CC)OC(=O)CCCCCCCCC/C=C/CCCCCCCCCC.